The van der Waals surface area contributed by atoms with Crippen molar-refractivity contribution in [3.05, 3.63) is 77.1 Å². The van der Waals surface area contributed by atoms with Crippen LogP contribution in [0.15, 0.2) is 53.1 Å². The Balaban J connectivity index is 1.49. The maximum Gasteiger partial charge on any atom is 0.255 e. The van der Waals surface area contributed by atoms with Gasteiger partial charge in [-0.1, -0.05) is 0 Å². The normalized spacial score (nSPS) is 11.3. The van der Waals surface area contributed by atoms with Crippen LogP contribution in [-0.4, -0.2) is 39.8 Å². The van der Waals surface area contributed by atoms with Crippen LogP contribution in [0, 0.1) is 12.7 Å². The minimum Gasteiger partial charge on any atom is -0.461 e. The van der Waals surface area contributed by atoms with Gasteiger partial charge in [-0.15, -0.1) is 0 Å². The number of aromatic amines is 1. The van der Waals surface area contributed by atoms with Crippen molar-refractivity contribution >= 4 is 22.6 Å². The Bertz CT molecular complexity index is 1150. The van der Waals surface area contributed by atoms with Crippen LogP contribution in [0.4, 0.5) is 10.1 Å². The largest absolute Gasteiger partial charge is 0.461 e. The molecule has 0 saturated carbocycles. The molecule has 1 amide bonds. The molecule has 2 N–H and O–H groups in total. The zero-order chi connectivity index (χ0) is 21.1. The SMILES string of the molecule is Cc1oc2ccc(NC(=O)c3ccc(F)cc3)cc2c1CCN(C)Cc1cn[nH]n1. The summed E-state index contributed by atoms with van der Waals surface area (Å²) in [5.41, 5.74) is 3.83. The molecule has 4 rings (SSSR count). The molecule has 0 aliphatic heterocycles. The van der Waals surface area contributed by atoms with Gasteiger partial charge in [0.15, 0.2) is 0 Å². The van der Waals surface area contributed by atoms with Gasteiger partial charge >= 0.3 is 0 Å². The zero-order valence-electron chi connectivity index (χ0n) is 16.8. The number of hydrogen-bond donors (Lipinski definition) is 2. The van der Waals surface area contributed by atoms with Crippen molar-refractivity contribution in [1.82, 2.24) is 20.3 Å². The summed E-state index contributed by atoms with van der Waals surface area (Å²) < 4.78 is 19.0. The molecular formula is C22H22FN5O2. The summed E-state index contributed by atoms with van der Waals surface area (Å²) in [5.74, 6) is 0.199. The van der Waals surface area contributed by atoms with Crippen molar-refractivity contribution in [2.45, 2.75) is 19.9 Å². The third-order valence-electron chi connectivity index (χ3n) is 5.00. The predicted molar refractivity (Wildman–Crippen MR) is 112 cm³/mol. The number of aromatic nitrogens is 3. The average molecular weight is 407 g/mol. The van der Waals surface area contributed by atoms with Crippen molar-refractivity contribution in [3.63, 3.8) is 0 Å². The van der Waals surface area contributed by atoms with E-state index in [0.29, 0.717) is 17.8 Å². The van der Waals surface area contributed by atoms with E-state index in [-0.39, 0.29) is 11.7 Å². The van der Waals surface area contributed by atoms with Gasteiger partial charge in [0, 0.05) is 35.3 Å². The maximum absolute atomic E-state index is 13.1. The summed E-state index contributed by atoms with van der Waals surface area (Å²) in [4.78, 5) is 14.6. The van der Waals surface area contributed by atoms with Crippen LogP contribution in [0.1, 0.15) is 27.4 Å². The Labute approximate surface area is 172 Å². The Morgan fingerprint density at radius 2 is 2.03 bits per heavy atom. The number of amides is 1. The number of H-pyrrole nitrogens is 1. The molecule has 0 atom stereocenters. The van der Waals surface area contributed by atoms with E-state index in [1.807, 2.05) is 26.1 Å². The van der Waals surface area contributed by atoms with E-state index in [0.717, 1.165) is 41.0 Å². The molecule has 30 heavy (non-hydrogen) atoms. The van der Waals surface area contributed by atoms with Gasteiger partial charge in [-0.3, -0.25) is 4.79 Å². The van der Waals surface area contributed by atoms with Gasteiger partial charge in [-0.05, 0) is 62.9 Å². The first-order valence-corrected chi connectivity index (χ1v) is 9.62. The number of halogens is 1. The third kappa shape index (κ3) is 4.38. The number of aryl methyl sites for hydroxylation is 1. The number of nitrogens with zero attached hydrogens (tertiary/aromatic N) is 3. The molecule has 0 fully saturated rings. The monoisotopic (exact) mass is 407 g/mol. The smallest absolute Gasteiger partial charge is 0.255 e. The number of benzene rings is 2. The summed E-state index contributed by atoms with van der Waals surface area (Å²) in [6.07, 6.45) is 2.51. The van der Waals surface area contributed by atoms with Crippen molar-refractivity contribution in [2.75, 3.05) is 18.9 Å². The number of anilines is 1. The summed E-state index contributed by atoms with van der Waals surface area (Å²) >= 11 is 0. The van der Waals surface area contributed by atoms with Gasteiger partial charge in [0.1, 0.15) is 17.2 Å². The van der Waals surface area contributed by atoms with Crippen molar-refractivity contribution < 1.29 is 13.6 Å². The molecule has 154 valence electrons. The molecule has 4 aromatic rings. The summed E-state index contributed by atoms with van der Waals surface area (Å²) in [6, 6.07) is 11.0. The molecule has 0 saturated heterocycles. The fourth-order valence-corrected chi connectivity index (χ4v) is 3.42. The second-order valence-corrected chi connectivity index (χ2v) is 7.26. The molecule has 7 nitrogen and oxygen atoms in total. The zero-order valence-corrected chi connectivity index (χ0v) is 16.8. The van der Waals surface area contributed by atoms with E-state index >= 15 is 0 Å². The van der Waals surface area contributed by atoms with E-state index in [9.17, 15) is 9.18 Å². The van der Waals surface area contributed by atoms with E-state index in [1.54, 1.807) is 12.3 Å². The quantitative estimate of drug-likeness (QED) is 0.485. The molecule has 8 heteroatoms. The minimum absolute atomic E-state index is 0.288. The van der Waals surface area contributed by atoms with E-state index in [4.69, 9.17) is 4.42 Å². The first-order valence-electron chi connectivity index (χ1n) is 9.62. The van der Waals surface area contributed by atoms with Crippen LogP contribution in [0.3, 0.4) is 0 Å². The molecule has 0 spiro atoms. The molecule has 2 aromatic heterocycles. The number of hydrogen-bond acceptors (Lipinski definition) is 5. The highest BCUT2D eigenvalue weighted by atomic mass is 19.1. The molecular weight excluding hydrogens is 385 g/mol. The number of nitrogens with one attached hydrogen (secondary N) is 2. The lowest BCUT2D eigenvalue weighted by atomic mass is 10.1. The fourth-order valence-electron chi connectivity index (χ4n) is 3.42. The predicted octanol–water partition coefficient (Wildman–Crippen LogP) is 3.93. The highest BCUT2D eigenvalue weighted by Crippen LogP contribution is 2.29. The standard InChI is InChI=1S/C22H22FN5O2/c1-14-19(9-10-28(2)13-18-12-24-27-26-18)20-11-17(7-8-21(20)30-14)25-22(29)15-3-5-16(23)6-4-15/h3-8,11-12H,9-10,13H2,1-2H3,(H,25,29)(H,24,26,27). The first kappa shape index (κ1) is 19.8. The Hall–Kier alpha value is -3.52. The number of rotatable bonds is 7. The maximum atomic E-state index is 13.1. The number of carbonyl (C=O) groups is 1. The lowest BCUT2D eigenvalue weighted by Crippen LogP contribution is -2.21. The van der Waals surface area contributed by atoms with Gasteiger partial charge in [-0.2, -0.15) is 15.4 Å². The lowest BCUT2D eigenvalue weighted by molar-refractivity contribution is 0.102. The van der Waals surface area contributed by atoms with Crippen LogP contribution in [0.5, 0.6) is 0 Å². The molecule has 2 heterocycles. The number of likely N-dealkylation sites (N-methyl/N-ethyl adjacent to an activating group) is 1. The van der Waals surface area contributed by atoms with Gasteiger partial charge < -0.3 is 14.6 Å². The average Bonchev–Trinajstić information content (AvgIpc) is 3.33. The van der Waals surface area contributed by atoms with Crippen LogP contribution in [0.25, 0.3) is 11.0 Å². The minimum atomic E-state index is -0.375. The van der Waals surface area contributed by atoms with Crippen molar-refractivity contribution in [3.8, 4) is 0 Å². The highest BCUT2D eigenvalue weighted by molar-refractivity contribution is 6.05. The second kappa shape index (κ2) is 8.46. The number of furan rings is 1. The van der Waals surface area contributed by atoms with Crippen LogP contribution >= 0.6 is 0 Å². The lowest BCUT2D eigenvalue weighted by Gasteiger charge is -2.14. The first-order chi connectivity index (χ1) is 14.5. The van der Waals surface area contributed by atoms with Crippen LogP contribution in [-0.2, 0) is 13.0 Å². The Morgan fingerprint density at radius 1 is 1.23 bits per heavy atom. The Morgan fingerprint density at radius 3 is 2.77 bits per heavy atom. The molecule has 2 aromatic carbocycles. The van der Waals surface area contributed by atoms with Gasteiger partial charge in [0.25, 0.3) is 5.91 Å². The second-order valence-electron chi connectivity index (χ2n) is 7.26. The van der Waals surface area contributed by atoms with Crippen molar-refractivity contribution in [1.29, 1.82) is 0 Å². The molecule has 0 aliphatic carbocycles. The number of fused-ring (bicyclic) bond motifs is 1. The van der Waals surface area contributed by atoms with Gasteiger partial charge in [0.2, 0.25) is 0 Å². The molecule has 0 aliphatic rings. The number of carbonyl (C=O) groups excluding carboxylic acids is 1. The van der Waals surface area contributed by atoms with Crippen LogP contribution < -0.4 is 5.32 Å². The van der Waals surface area contributed by atoms with Gasteiger partial charge in [-0.25, -0.2) is 4.39 Å². The molecule has 0 radical (unpaired) electrons. The fraction of sp³-hybridized carbons (Fsp3) is 0.227. The molecule has 0 bridgehead atoms. The molecule has 0 unspecified atom stereocenters. The van der Waals surface area contributed by atoms with E-state index < -0.39 is 0 Å². The van der Waals surface area contributed by atoms with Crippen molar-refractivity contribution in [2.24, 2.45) is 0 Å². The summed E-state index contributed by atoms with van der Waals surface area (Å²) in [5, 5.41) is 14.4. The van der Waals surface area contributed by atoms with Gasteiger partial charge in [0.05, 0.1) is 11.9 Å². The summed E-state index contributed by atoms with van der Waals surface area (Å²) in [7, 11) is 2.03. The topological polar surface area (TPSA) is 87.0 Å². The summed E-state index contributed by atoms with van der Waals surface area (Å²) in [6.45, 7) is 3.46. The Kier molecular flexibility index (Phi) is 5.58. The van der Waals surface area contributed by atoms with Crippen LogP contribution in [0.2, 0.25) is 0 Å². The van der Waals surface area contributed by atoms with E-state index in [1.165, 1.54) is 24.3 Å². The highest BCUT2D eigenvalue weighted by Gasteiger charge is 2.14. The van der Waals surface area contributed by atoms with E-state index in [2.05, 4.69) is 25.6 Å². The third-order valence-corrected chi connectivity index (χ3v) is 5.00.